The summed E-state index contributed by atoms with van der Waals surface area (Å²) in [5.41, 5.74) is 4.74. The average molecular weight is 454 g/mol. The first-order valence-corrected chi connectivity index (χ1v) is 11.9. The first-order valence-electron chi connectivity index (χ1n) is 11.6. The molecule has 32 heavy (non-hydrogen) atoms. The molecule has 1 aromatic carbocycles. The zero-order chi connectivity index (χ0) is 22.8. The van der Waals surface area contributed by atoms with Gasteiger partial charge in [-0.15, -0.1) is 0 Å². The smallest absolute Gasteiger partial charge is 0.223 e. The third-order valence-electron chi connectivity index (χ3n) is 6.76. The first-order chi connectivity index (χ1) is 15.3. The van der Waals surface area contributed by atoms with E-state index < -0.39 is 0 Å². The molecule has 1 amide bonds. The van der Waals surface area contributed by atoms with Crippen LogP contribution < -0.4 is 0 Å². The molecule has 2 aromatic rings. The number of Topliss-reactive ketones (excluding diaryl/α,β-unsaturated/α-hetero) is 1. The molecule has 4 rings (SSSR count). The summed E-state index contributed by atoms with van der Waals surface area (Å²) in [5, 5.41) is 0.654. The number of carbonyl (C=O) groups is 2. The molecule has 1 saturated carbocycles. The third kappa shape index (κ3) is 5.57. The van der Waals surface area contributed by atoms with E-state index >= 15 is 0 Å². The van der Waals surface area contributed by atoms with E-state index in [4.69, 9.17) is 11.6 Å². The molecule has 1 aliphatic carbocycles. The molecule has 1 saturated heterocycles. The van der Waals surface area contributed by atoms with Crippen LogP contribution in [0.15, 0.2) is 30.5 Å². The summed E-state index contributed by atoms with van der Waals surface area (Å²) in [6, 6.07) is 7.81. The Morgan fingerprint density at radius 2 is 1.88 bits per heavy atom. The van der Waals surface area contributed by atoms with Gasteiger partial charge in [-0.3, -0.25) is 19.5 Å². The maximum atomic E-state index is 12.8. The largest absolute Gasteiger partial charge is 0.337 e. The molecule has 0 N–H and O–H groups in total. The van der Waals surface area contributed by atoms with Gasteiger partial charge in [0.2, 0.25) is 5.91 Å². The van der Waals surface area contributed by atoms with Crippen LogP contribution in [0.2, 0.25) is 5.02 Å². The van der Waals surface area contributed by atoms with Crippen LogP contribution in [0.4, 0.5) is 0 Å². The fourth-order valence-corrected chi connectivity index (χ4v) is 4.79. The molecule has 1 aromatic heterocycles. The Morgan fingerprint density at radius 3 is 2.53 bits per heavy atom. The van der Waals surface area contributed by atoms with Gasteiger partial charge in [-0.2, -0.15) is 0 Å². The summed E-state index contributed by atoms with van der Waals surface area (Å²) in [7, 11) is 0. The lowest BCUT2D eigenvalue weighted by molar-refractivity contribution is -0.136. The van der Waals surface area contributed by atoms with E-state index in [-0.39, 0.29) is 11.8 Å². The molecule has 0 radical (unpaired) electrons. The number of amides is 1. The minimum Gasteiger partial charge on any atom is -0.337 e. The molecule has 2 heterocycles. The Balaban J connectivity index is 1.41. The Labute approximate surface area is 195 Å². The van der Waals surface area contributed by atoms with Gasteiger partial charge in [0.25, 0.3) is 0 Å². The van der Waals surface area contributed by atoms with Gasteiger partial charge in [0.15, 0.2) is 5.78 Å². The summed E-state index contributed by atoms with van der Waals surface area (Å²) >= 11 is 6.44. The topological polar surface area (TPSA) is 53.5 Å². The van der Waals surface area contributed by atoms with Crippen LogP contribution in [0.1, 0.15) is 58.9 Å². The van der Waals surface area contributed by atoms with Crippen molar-refractivity contribution in [1.29, 1.82) is 0 Å². The van der Waals surface area contributed by atoms with Crippen molar-refractivity contribution in [2.24, 2.45) is 5.92 Å². The van der Waals surface area contributed by atoms with E-state index in [1.165, 1.54) is 12.8 Å². The summed E-state index contributed by atoms with van der Waals surface area (Å²) in [6.45, 7) is 9.38. The second kappa shape index (κ2) is 9.72. The van der Waals surface area contributed by atoms with E-state index in [1.54, 1.807) is 6.20 Å². The van der Waals surface area contributed by atoms with Crippen molar-refractivity contribution in [3.05, 3.63) is 63.4 Å². The SMILES string of the molecule is Cc1ccc(C(=O)Cc2cc(Cl)cc(CN3CCN(C(=O)CC4CC4)[C@@H](C)C3)c2C)cn1. The number of hydrogen-bond acceptors (Lipinski definition) is 4. The average Bonchev–Trinajstić information content (AvgIpc) is 3.56. The van der Waals surface area contributed by atoms with Crippen LogP contribution in [-0.4, -0.2) is 52.2 Å². The first kappa shape index (κ1) is 22.9. The Bertz CT molecular complexity index is 1000. The quantitative estimate of drug-likeness (QED) is 0.574. The van der Waals surface area contributed by atoms with Gasteiger partial charge in [0.1, 0.15) is 0 Å². The van der Waals surface area contributed by atoms with Gasteiger partial charge in [0, 0.05) is 67.5 Å². The molecular formula is C26H32ClN3O2. The highest BCUT2D eigenvalue weighted by molar-refractivity contribution is 6.30. The minimum absolute atomic E-state index is 0.0465. The molecule has 2 fully saturated rings. The Morgan fingerprint density at radius 1 is 1.12 bits per heavy atom. The van der Waals surface area contributed by atoms with Crippen LogP contribution in [0.5, 0.6) is 0 Å². The predicted octanol–water partition coefficient (Wildman–Crippen LogP) is 4.61. The molecule has 1 aliphatic heterocycles. The Hall–Kier alpha value is -2.24. The number of rotatable bonds is 7. The number of halogens is 1. The lowest BCUT2D eigenvalue weighted by Gasteiger charge is -2.40. The van der Waals surface area contributed by atoms with Crippen molar-refractivity contribution in [2.75, 3.05) is 19.6 Å². The van der Waals surface area contributed by atoms with Crippen molar-refractivity contribution < 1.29 is 9.59 Å². The lowest BCUT2D eigenvalue weighted by atomic mass is 9.96. The molecule has 0 unspecified atom stereocenters. The number of ketones is 1. The number of benzene rings is 1. The highest BCUT2D eigenvalue weighted by atomic mass is 35.5. The standard InChI is InChI=1S/C26H32ClN3O2/c1-17-4-7-21(14-28-17)25(31)13-22-11-24(27)12-23(19(22)3)16-29-8-9-30(18(2)15-29)26(32)10-20-5-6-20/h4,7,11-12,14,18,20H,5-6,8-10,13,15-16H2,1-3H3/t18-/m0/s1. The molecule has 0 bridgehead atoms. The second-order valence-electron chi connectivity index (χ2n) is 9.46. The monoisotopic (exact) mass is 453 g/mol. The number of nitrogens with zero attached hydrogens (tertiary/aromatic N) is 3. The van der Waals surface area contributed by atoms with Crippen LogP contribution in [0.25, 0.3) is 0 Å². The normalized spacial score (nSPS) is 19.2. The number of pyridine rings is 1. The third-order valence-corrected chi connectivity index (χ3v) is 6.98. The van der Waals surface area contributed by atoms with Crippen LogP contribution in [-0.2, 0) is 17.8 Å². The minimum atomic E-state index is 0.0465. The van der Waals surface area contributed by atoms with Crippen molar-refractivity contribution in [3.8, 4) is 0 Å². The molecular weight excluding hydrogens is 422 g/mol. The van der Waals surface area contributed by atoms with Crippen LogP contribution in [0.3, 0.4) is 0 Å². The van der Waals surface area contributed by atoms with Crippen LogP contribution in [0, 0.1) is 19.8 Å². The van der Waals surface area contributed by atoms with Gasteiger partial charge < -0.3 is 4.90 Å². The summed E-state index contributed by atoms with van der Waals surface area (Å²) in [4.78, 5) is 34.0. The highest BCUT2D eigenvalue weighted by Gasteiger charge is 2.32. The van der Waals surface area contributed by atoms with Gasteiger partial charge in [-0.25, -0.2) is 0 Å². The molecule has 170 valence electrons. The molecule has 2 aliphatic rings. The van der Waals surface area contributed by atoms with Gasteiger partial charge in [-0.1, -0.05) is 11.6 Å². The second-order valence-corrected chi connectivity index (χ2v) is 9.89. The number of aromatic nitrogens is 1. The summed E-state index contributed by atoms with van der Waals surface area (Å²) in [5.74, 6) is 0.980. The number of hydrogen-bond donors (Lipinski definition) is 0. The number of aryl methyl sites for hydroxylation is 1. The van der Waals surface area contributed by atoms with Gasteiger partial charge in [-0.05, 0) is 80.5 Å². The fraction of sp³-hybridized carbons (Fsp3) is 0.500. The maximum Gasteiger partial charge on any atom is 0.223 e. The van der Waals surface area contributed by atoms with E-state index in [1.807, 2.05) is 31.2 Å². The fourth-order valence-electron chi connectivity index (χ4n) is 4.53. The summed E-state index contributed by atoms with van der Waals surface area (Å²) in [6.07, 6.45) is 5.08. The summed E-state index contributed by atoms with van der Waals surface area (Å²) < 4.78 is 0. The zero-order valence-electron chi connectivity index (χ0n) is 19.2. The lowest BCUT2D eigenvalue weighted by Crippen LogP contribution is -2.53. The van der Waals surface area contributed by atoms with Crippen molar-refractivity contribution in [2.45, 2.75) is 59.0 Å². The van der Waals surface area contributed by atoms with E-state index in [0.29, 0.717) is 35.3 Å². The number of carbonyl (C=O) groups excluding carboxylic acids is 2. The van der Waals surface area contributed by atoms with Crippen molar-refractivity contribution in [3.63, 3.8) is 0 Å². The highest BCUT2D eigenvalue weighted by Crippen LogP contribution is 2.33. The maximum absolute atomic E-state index is 12.8. The van der Waals surface area contributed by atoms with E-state index in [9.17, 15) is 9.59 Å². The van der Waals surface area contributed by atoms with E-state index in [2.05, 4.69) is 28.6 Å². The molecule has 0 spiro atoms. The molecule has 1 atom stereocenters. The predicted molar refractivity (Wildman–Crippen MR) is 127 cm³/mol. The van der Waals surface area contributed by atoms with E-state index in [0.717, 1.165) is 48.6 Å². The van der Waals surface area contributed by atoms with Crippen molar-refractivity contribution in [1.82, 2.24) is 14.8 Å². The Kier molecular flexibility index (Phi) is 6.96. The molecule has 6 heteroatoms. The van der Waals surface area contributed by atoms with Gasteiger partial charge >= 0.3 is 0 Å². The zero-order valence-corrected chi connectivity index (χ0v) is 20.0. The van der Waals surface area contributed by atoms with Crippen molar-refractivity contribution >= 4 is 23.3 Å². The number of piperazine rings is 1. The molecule has 5 nitrogen and oxygen atoms in total. The van der Waals surface area contributed by atoms with Gasteiger partial charge in [0.05, 0.1) is 0 Å². The van der Waals surface area contributed by atoms with Crippen LogP contribution >= 0.6 is 11.6 Å².